The highest BCUT2D eigenvalue weighted by Gasteiger charge is 2.54. The Morgan fingerprint density at radius 2 is 2.05 bits per heavy atom. The van der Waals surface area contributed by atoms with Crippen molar-refractivity contribution in [3.8, 4) is 11.3 Å². The summed E-state index contributed by atoms with van der Waals surface area (Å²) >= 11 is 7.52. The predicted molar refractivity (Wildman–Crippen MR) is 156 cm³/mol. The Labute approximate surface area is 254 Å². The number of aromatic nitrogens is 4. The zero-order chi connectivity index (χ0) is 30.1. The molecule has 19 heteroatoms. The summed E-state index contributed by atoms with van der Waals surface area (Å²) in [6, 6.07) is 2.58. The van der Waals surface area contributed by atoms with Crippen LogP contribution in [0.5, 0.6) is 0 Å². The van der Waals surface area contributed by atoms with Crippen molar-refractivity contribution >= 4 is 86.5 Å². The Hall–Kier alpha value is -3.94. The molecule has 2 aliphatic rings. The van der Waals surface area contributed by atoms with Crippen LogP contribution in [0.2, 0.25) is 0 Å². The first kappa shape index (κ1) is 29.5. The molecule has 3 aromatic heterocycles. The number of aryl methyl sites for hydroxylation is 1. The summed E-state index contributed by atoms with van der Waals surface area (Å²) in [5, 5.41) is 5.32. The van der Waals surface area contributed by atoms with Gasteiger partial charge in [0.15, 0.2) is 17.5 Å². The molecule has 3 amide bonds. The van der Waals surface area contributed by atoms with Crippen LogP contribution in [-0.2, 0) is 30.6 Å². The minimum Gasteiger partial charge on any atom is -0.374 e. The summed E-state index contributed by atoms with van der Waals surface area (Å²) in [7, 11) is 0. The fraction of sp³-hybridized carbons (Fsp3) is 0.261. The summed E-state index contributed by atoms with van der Waals surface area (Å²) in [4.78, 5) is 65.3. The number of alkyl halides is 1. The highest BCUT2D eigenvalue weighted by atomic mass is 32.2. The fourth-order valence-electron chi connectivity index (χ4n) is 4.29. The molecule has 0 unspecified atom stereocenters. The Morgan fingerprint density at radius 1 is 1.31 bits per heavy atom. The molecule has 0 radical (unpaired) electrons. The van der Waals surface area contributed by atoms with Gasteiger partial charge >= 0.3 is 0 Å². The molecule has 0 aromatic carbocycles. The summed E-state index contributed by atoms with van der Waals surface area (Å²) in [5.41, 5.74) is 12.5. The standard InChI is InChI=1S/C23H20FN9O5S4/c1-9-13(10-2-4-32(5-3-10)6-12(25)34)28-19(41-9)11-7-40-21-15(20(36)33(21)16(11)22(37)39)27-18(35)14(30-38-8-24)17-29-23(26)42-31-17/h2-5,15,21H,6-8H2,1H3,(H5-,25,26,27,29,31,34,35,37,39)/p+1/b30-14-/t15-,21-/m1/s1. The van der Waals surface area contributed by atoms with Gasteiger partial charge in [-0.3, -0.25) is 24.1 Å². The Kier molecular flexibility index (Phi) is 8.53. The Morgan fingerprint density at radius 3 is 2.67 bits per heavy atom. The number of nitrogens with one attached hydrogen (secondary N) is 1. The van der Waals surface area contributed by atoms with Crippen molar-refractivity contribution in [1.29, 1.82) is 0 Å². The van der Waals surface area contributed by atoms with Crippen molar-refractivity contribution in [2.45, 2.75) is 24.9 Å². The first-order chi connectivity index (χ1) is 20.1. The number of nitrogens with zero attached hydrogens (tertiary/aromatic N) is 6. The molecule has 0 spiro atoms. The van der Waals surface area contributed by atoms with E-state index in [-0.39, 0.29) is 23.2 Å². The number of thiol groups is 1. The van der Waals surface area contributed by atoms with Crippen LogP contribution >= 0.6 is 47.3 Å². The lowest BCUT2D eigenvalue weighted by atomic mass is 10.0. The third kappa shape index (κ3) is 5.72. The van der Waals surface area contributed by atoms with Gasteiger partial charge in [-0.25, -0.2) is 9.37 Å². The number of nitrogen functional groups attached to an aromatic ring is 1. The first-order valence-electron chi connectivity index (χ1n) is 11.9. The molecule has 14 nitrogen and oxygen atoms in total. The summed E-state index contributed by atoms with van der Waals surface area (Å²) in [6.45, 7) is 0.629. The van der Waals surface area contributed by atoms with E-state index in [4.69, 9.17) is 16.5 Å². The largest absolute Gasteiger partial charge is 0.374 e. The van der Waals surface area contributed by atoms with Crippen LogP contribution in [-0.4, -0.2) is 71.8 Å². The molecule has 0 aliphatic carbocycles. The molecule has 3 aromatic rings. The maximum Gasteiger partial charge on any atom is 0.283 e. The molecule has 5 rings (SSSR count). The second-order valence-corrected chi connectivity index (χ2v) is 12.3. The van der Waals surface area contributed by atoms with E-state index in [0.717, 1.165) is 22.0 Å². The van der Waals surface area contributed by atoms with Crippen molar-refractivity contribution in [2.24, 2.45) is 10.9 Å². The fourth-order valence-corrected chi connectivity index (χ4v) is 7.38. The second kappa shape index (κ2) is 12.1. The number of pyridine rings is 1. The van der Waals surface area contributed by atoms with E-state index in [1.54, 1.807) is 29.1 Å². The molecule has 1 fully saturated rings. The molecule has 0 bridgehead atoms. The number of carbonyl (C=O) groups excluding carboxylic acids is 4. The van der Waals surface area contributed by atoms with Crippen LogP contribution in [0.3, 0.4) is 0 Å². The molecule has 2 aliphatic heterocycles. The molecule has 218 valence electrons. The van der Waals surface area contributed by atoms with E-state index in [0.29, 0.717) is 22.0 Å². The summed E-state index contributed by atoms with van der Waals surface area (Å²) in [5.74, 6) is -1.78. The number of primary amides is 1. The van der Waals surface area contributed by atoms with Gasteiger partial charge in [-0.05, 0) is 6.92 Å². The summed E-state index contributed by atoms with van der Waals surface area (Å²) in [6.07, 6.45) is 3.43. The average Bonchev–Trinajstić information content (AvgIpc) is 3.56. The van der Waals surface area contributed by atoms with Crippen molar-refractivity contribution in [2.75, 3.05) is 18.3 Å². The smallest absolute Gasteiger partial charge is 0.283 e. The van der Waals surface area contributed by atoms with Gasteiger partial charge in [0.2, 0.25) is 23.2 Å². The van der Waals surface area contributed by atoms with Crippen LogP contribution in [0.1, 0.15) is 15.7 Å². The number of hydrogen-bond acceptors (Lipinski definition) is 13. The molecular weight excluding hydrogens is 630 g/mol. The third-order valence-electron chi connectivity index (χ3n) is 6.09. The molecule has 42 heavy (non-hydrogen) atoms. The number of halogens is 1. The van der Waals surface area contributed by atoms with Crippen LogP contribution in [0.15, 0.2) is 35.4 Å². The summed E-state index contributed by atoms with van der Waals surface area (Å²) < 4.78 is 18.1. The molecule has 2 atom stereocenters. The van der Waals surface area contributed by atoms with Gasteiger partial charge in [0.05, 0.1) is 5.69 Å². The van der Waals surface area contributed by atoms with Gasteiger partial charge in [0, 0.05) is 45.4 Å². The lowest BCUT2D eigenvalue weighted by molar-refractivity contribution is -0.684. The van der Waals surface area contributed by atoms with Gasteiger partial charge in [0.25, 0.3) is 24.6 Å². The van der Waals surface area contributed by atoms with E-state index in [1.807, 2.05) is 6.92 Å². The molecule has 5 N–H and O–H groups in total. The maximum absolute atomic E-state index is 13.2. The van der Waals surface area contributed by atoms with Crippen molar-refractivity contribution in [3.63, 3.8) is 0 Å². The normalized spacial score (nSPS) is 18.4. The molecule has 5 heterocycles. The quantitative estimate of drug-likeness (QED) is 0.0775. The number of rotatable bonds is 10. The monoisotopic (exact) mass is 650 g/mol. The minimum atomic E-state index is -1.30. The number of amides is 3. The number of anilines is 1. The van der Waals surface area contributed by atoms with Gasteiger partial charge < -0.3 is 21.6 Å². The van der Waals surface area contributed by atoms with Crippen molar-refractivity contribution in [3.05, 3.63) is 45.9 Å². The minimum absolute atomic E-state index is 0.0431. The van der Waals surface area contributed by atoms with Crippen molar-refractivity contribution < 1.29 is 33.0 Å². The number of thioether (sulfide) groups is 1. The number of fused-ring (bicyclic) bond motifs is 1. The number of hydrogen-bond donors (Lipinski definition) is 4. The van der Waals surface area contributed by atoms with Crippen LogP contribution in [0.4, 0.5) is 9.52 Å². The van der Waals surface area contributed by atoms with Gasteiger partial charge in [-0.15, -0.1) is 23.1 Å². The van der Waals surface area contributed by atoms with E-state index in [2.05, 4.69) is 37.3 Å². The van der Waals surface area contributed by atoms with Crippen LogP contribution in [0.25, 0.3) is 16.8 Å². The third-order valence-corrected chi connectivity index (χ3v) is 9.15. The SMILES string of the molecule is Cc1sc(C2=C(C(=O)S)N3C(=O)[C@@H](NC(=O)/C(=N\OCF)c4nsc(N)n4)[C@H]3SC2)nc1-c1cc[n+](CC(N)=O)cc1. The van der Waals surface area contributed by atoms with Gasteiger partial charge in [0.1, 0.15) is 22.1 Å². The number of thiazole rings is 1. The molecular formula is C23H21FN9O5S4+. The number of β-lactam (4-membered cyclic amide) rings is 1. The average molecular weight is 651 g/mol. The zero-order valence-electron chi connectivity index (χ0n) is 21.5. The topological polar surface area (TPSA) is 200 Å². The molecule has 0 saturated carbocycles. The second-order valence-electron chi connectivity index (χ2n) is 8.78. The zero-order valence-corrected chi connectivity index (χ0v) is 24.9. The maximum atomic E-state index is 13.2. The first-order valence-corrected chi connectivity index (χ1v) is 15.0. The van der Waals surface area contributed by atoms with E-state index in [9.17, 15) is 23.6 Å². The number of oxime groups is 1. The lowest BCUT2D eigenvalue weighted by Crippen LogP contribution is -2.70. The Bertz CT molecular complexity index is 1660. The predicted octanol–water partition coefficient (Wildman–Crippen LogP) is 0.240. The van der Waals surface area contributed by atoms with Crippen LogP contribution < -0.4 is 21.4 Å². The number of nitrogens with two attached hydrogens (primary N) is 2. The molecule has 1 saturated heterocycles. The number of carbonyl (C=O) groups is 4. The lowest BCUT2D eigenvalue weighted by Gasteiger charge is -2.49. The van der Waals surface area contributed by atoms with Gasteiger partial charge in [-0.2, -0.15) is 13.9 Å². The Balaban J connectivity index is 1.38. The van der Waals surface area contributed by atoms with Crippen molar-refractivity contribution in [1.82, 2.24) is 24.6 Å². The highest BCUT2D eigenvalue weighted by Crippen LogP contribution is 2.45. The van der Waals surface area contributed by atoms with E-state index >= 15 is 0 Å². The van der Waals surface area contributed by atoms with E-state index in [1.165, 1.54) is 28.0 Å². The highest BCUT2D eigenvalue weighted by molar-refractivity contribution is 8.00. The van der Waals surface area contributed by atoms with Crippen LogP contribution in [0, 0.1) is 6.92 Å². The van der Waals surface area contributed by atoms with Gasteiger partial charge in [-0.1, -0.05) is 17.8 Å². The van der Waals surface area contributed by atoms with E-state index < -0.39 is 46.8 Å².